The fourth-order valence-corrected chi connectivity index (χ4v) is 4.13. The largest absolute Gasteiger partial charge is 0.490 e. The molecule has 1 aliphatic heterocycles. The Morgan fingerprint density at radius 1 is 1.11 bits per heavy atom. The van der Waals surface area contributed by atoms with E-state index in [0.717, 1.165) is 33.2 Å². The van der Waals surface area contributed by atoms with Gasteiger partial charge in [0, 0.05) is 29.5 Å². The molecule has 1 fully saturated rings. The van der Waals surface area contributed by atoms with Gasteiger partial charge in [-0.25, -0.2) is 9.79 Å². The summed E-state index contributed by atoms with van der Waals surface area (Å²) in [5, 5.41) is 12.7. The van der Waals surface area contributed by atoms with Crippen LogP contribution in [-0.2, 0) is 16.6 Å². The third-order valence-corrected chi connectivity index (χ3v) is 5.87. The summed E-state index contributed by atoms with van der Waals surface area (Å²) in [4.78, 5) is 30.9. The van der Waals surface area contributed by atoms with E-state index in [4.69, 9.17) is 9.90 Å². The number of pyridine rings is 1. The average Bonchev–Trinajstić information content (AvgIpc) is 3.32. The predicted molar refractivity (Wildman–Crippen MR) is 129 cm³/mol. The van der Waals surface area contributed by atoms with E-state index in [1.165, 1.54) is 11.8 Å². The number of aliphatic imine (C=N–C) groups is 1. The number of para-hydroxylation sites is 1. The van der Waals surface area contributed by atoms with Crippen LogP contribution in [-0.4, -0.2) is 37.9 Å². The number of hydrogen-bond acceptors (Lipinski definition) is 5. The Bertz CT molecular complexity index is 1510. The number of aryl methyl sites for hydroxylation is 1. The molecule has 2 aromatic heterocycles. The lowest BCUT2D eigenvalue weighted by atomic mass is 10.1. The summed E-state index contributed by atoms with van der Waals surface area (Å²) in [5.74, 6) is -2.08. The number of nitrogens with one attached hydrogen (secondary N) is 1. The second kappa shape index (κ2) is 9.63. The maximum atomic E-state index is 12.4. The molecule has 4 aromatic rings. The first kappa shape index (κ1) is 24.0. The van der Waals surface area contributed by atoms with Gasteiger partial charge >= 0.3 is 12.1 Å². The van der Waals surface area contributed by atoms with E-state index in [0.29, 0.717) is 10.1 Å². The first-order chi connectivity index (χ1) is 16.6. The number of alkyl halides is 3. The van der Waals surface area contributed by atoms with E-state index >= 15 is 0 Å². The van der Waals surface area contributed by atoms with Crippen molar-refractivity contribution in [3.05, 3.63) is 77.3 Å². The Morgan fingerprint density at radius 3 is 2.54 bits per heavy atom. The van der Waals surface area contributed by atoms with Crippen LogP contribution in [0.4, 0.5) is 19.0 Å². The van der Waals surface area contributed by atoms with Crippen LogP contribution in [0.2, 0.25) is 0 Å². The molecular weight excluding hydrogens is 481 g/mol. The smallest absolute Gasteiger partial charge is 0.475 e. The van der Waals surface area contributed by atoms with Gasteiger partial charge in [0.05, 0.1) is 10.4 Å². The third kappa shape index (κ3) is 5.52. The molecule has 2 aromatic carbocycles. The highest BCUT2D eigenvalue weighted by molar-refractivity contribution is 8.18. The Morgan fingerprint density at radius 2 is 1.83 bits per heavy atom. The maximum Gasteiger partial charge on any atom is 0.490 e. The van der Waals surface area contributed by atoms with Crippen molar-refractivity contribution < 1.29 is 27.9 Å². The topological polar surface area (TPSA) is 96.6 Å². The van der Waals surface area contributed by atoms with Crippen molar-refractivity contribution >= 4 is 62.5 Å². The van der Waals surface area contributed by atoms with Crippen LogP contribution in [0.1, 0.15) is 5.56 Å². The number of carbonyl (C=O) groups excluding carboxylic acids is 1. The van der Waals surface area contributed by atoms with Crippen LogP contribution < -0.4 is 5.32 Å². The van der Waals surface area contributed by atoms with Gasteiger partial charge in [0.1, 0.15) is 5.82 Å². The first-order valence-electron chi connectivity index (χ1n) is 10.1. The second-order valence-electron chi connectivity index (χ2n) is 7.36. The first-order valence-corrected chi connectivity index (χ1v) is 10.9. The zero-order valence-electron chi connectivity index (χ0n) is 18.1. The summed E-state index contributed by atoms with van der Waals surface area (Å²) < 4.78 is 33.8. The molecule has 0 unspecified atom stereocenters. The van der Waals surface area contributed by atoms with E-state index in [1.54, 1.807) is 6.20 Å². The number of halogens is 3. The zero-order valence-corrected chi connectivity index (χ0v) is 18.9. The third-order valence-electron chi connectivity index (χ3n) is 4.96. The summed E-state index contributed by atoms with van der Waals surface area (Å²) in [6.07, 6.45) is -1.42. The average molecular weight is 498 g/mol. The Hall–Kier alpha value is -4.12. The molecule has 0 aliphatic carbocycles. The molecule has 0 radical (unpaired) electrons. The van der Waals surface area contributed by atoms with E-state index < -0.39 is 12.1 Å². The number of rotatable bonds is 2. The monoisotopic (exact) mass is 498 g/mol. The minimum atomic E-state index is -5.08. The molecule has 35 heavy (non-hydrogen) atoms. The molecule has 178 valence electrons. The standard InChI is InChI=1S/C22H16N4OS.C2HF3O2/c1-26-18-7-3-2-5-16(18)13-20(26)24-22-25-21(27)19(28-22)12-14-8-9-17-15(11-14)6-4-10-23-17;3-2(4,5)1(6)7/h2-13H,1H3,(H,24,25,27);(H,6,7)/b19-12-;. The lowest BCUT2D eigenvalue weighted by molar-refractivity contribution is -0.192. The molecule has 2 N–H and O–H groups in total. The van der Waals surface area contributed by atoms with Gasteiger partial charge in [0.2, 0.25) is 0 Å². The van der Waals surface area contributed by atoms with Crippen LogP contribution >= 0.6 is 11.8 Å². The van der Waals surface area contributed by atoms with Crippen LogP contribution in [0.5, 0.6) is 0 Å². The van der Waals surface area contributed by atoms with Gasteiger partial charge in [-0.1, -0.05) is 30.3 Å². The number of fused-ring (bicyclic) bond motifs is 2. The minimum absolute atomic E-state index is 0.131. The van der Waals surface area contributed by atoms with Gasteiger partial charge in [-0.2, -0.15) is 13.2 Å². The molecule has 11 heteroatoms. The number of aliphatic carboxylic acids is 1. The fraction of sp³-hybridized carbons (Fsp3) is 0.0833. The number of hydrogen-bond donors (Lipinski definition) is 2. The highest BCUT2D eigenvalue weighted by Crippen LogP contribution is 2.30. The zero-order chi connectivity index (χ0) is 25.2. The molecule has 0 spiro atoms. The van der Waals surface area contributed by atoms with Crippen molar-refractivity contribution in [2.75, 3.05) is 0 Å². The Balaban J connectivity index is 0.000000364. The van der Waals surface area contributed by atoms with Crippen LogP contribution in [0.3, 0.4) is 0 Å². The van der Waals surface area contributed by atoms with Crippen molar-refractivity contribution in [2.45, 2.75) is 6.18 Å². The van der Waals surface area contributed by atoms with E-state index in [-0.39, 0.29) is 5.91 Å². The van der Waals surface area contributed by atoms with Crippen LogP contribution in [0.15, 0.2) is 76.8 Å². The number of nitrogens with zero attached hydrogens (tertiary/aromatic N) is 3. The van der Waals surface area contributed by atoms with E-state index in [1.807, 2.05) is 66.2 Å². The molecule has 3 heterocycles. The van der Waals surface area contributed by atoms with Gasteiger partial charge in [0.25, 0.3) is 5.91 Å². The minimum Gasteiger partial charge on any atom is -0.475 e. The summed E-state index contributed by atoms with van der Waals surface area (Å²) in [5.41, 5.74) is 3.01. The number of amidine groups is 1. The number of amides is 1. The molecule has 0 bridgehead atoms. The van der Waals surface area contributed by atoms with Crippen molar-refractivity contribution in [1.29, 1.82) is 0 Å². The molecular formula is C24H17F3N4O3S. The van der Waals surface area contributed by atoms with E-state index in [2.05, 4.69) is 27.4 Å². The number of carboxylic acids is 1. The SMILES string of the molecule is Cn1c(N=C2NC(=O)/C(=C/c3ccc4ncccc4c3)S2)cc2ccccc21.O=C(O)C(F)(F)F. The molecule has 5 rings (SSSR count). The Labute approximate surface area is 201 Å². The van der Waals surface area contributed by atoms with Crippen molar-refractivity contribution in [2.24, 2.45) is 12.0 Å². The maximum absolute atomic E-state index is 12.4. The molecule has 1 aliphatic rings. The molecule has 1 amide bonds. The second-order valence-corrected chi connectivity index (χ2v) is 8.39. The summed E-state index contributed by atoms with van der Waals surface area (Å²) >= 11 is 1.35. The lowest BCUT2D eigenvalue weighted by Gasteiger charge is -2.00. The van der Waals surface area contributed by atoms with Gasteiger partial charge in [-0.05, 0) is 53.7 Å². The summed E-state index contributed by atoms with van der Waals surface area (Å²) in [6.45, 7) is 0. The van der Waals surface area contributed by atoms with Crippen molar-refractivity contribution in [3.63, 3.8) is 0 Å². The normalized spacial score (nSPS) is 15.9. The van der Waals surface area contributed by atoms with E-state index in [9.17, 15) is 18.0 Å². The highest BCUT2D eigenvalue weighted by atomic mass is 32.2. The summed E-state index contributed by atoms with van der Waals surface area (Å²) in [7, 11) is 1.98. The molecule has 0 atom stereocenters. The summed E-state index contributed by atoms with van der Waals surface area (Å²) in [6, 6.07) is 20.0. The fourth-order valence-electron chi connectivity index (χ4n) is 3.30. The quantitative estimate of drug-likeness (QED) is 0.368. The van der Waals surface area contributed by atoms with Crippen molar-refractivity contribution in [1.82, 2.24) is 14.9 Å². The number of carboxylic acid groups (broad SMARTS) is 1. The predicted octanol–water partition coefficient (Wildman–Crippen LogP) is 5.25. The van der Waals surface area contributed by atoms with Crippen molar-refractivity contribution in [3.8, 4) is 0 Å². The number of thioether (sulfide) groups is 1. The molecule has 7 nitrogen and oxygen atoms in total. The molecule has 0 saturated carbocycles. The molecule has 1 saturated heterocycles. The van der Waals surface area contributed by atoms with Gasteiger partial charge < -0.3 is 15.0 Å². The van der Waals surface area contributed by atoms with Gasteiger partial charge in [0.15, 0.2) is 5.17 Å². The Kier molecular flexibility index (Phi) is 6.61. The number of benzene rings is 2. The van der Waals surface area contributed by atoms with Gasteiger partial charge in [-0.15, -0.1) is 0 Å². The number of carbonyl (C=O) groups is 2. The highest BCUT2D eigenvalue weighted by Gasteiger charge is 2.38. The van der Waals surface area contributed by atoms with Crippen LogP contribution in [0, 0.1) is 0 Å². The lowest BCUT2D eigenvalue weighted by Crippen LogP contribution is -2.21. The van der Waals surface area contributed by atoms with Gasteiger partial charge in [-0.3, -0.25) is 9.78 Å². The van der Waals surface area contributed by atoms with Crippen LogP contribution in [0.25, 0.3) is 27.9 Å². The number of aromatic nitrogens is 2.